The van der Waals surface area contributed by atoms with Gasteiger partial charge in [-0.15, -0.1) is 0 Å². The second-order valence-corrected chi connectivity index (χ2v) is 4.87. The molecule has 0 aliphatic rings. The van der Waals surface area contributed by atoms with E-state index in [-0.39, 0.29) is 12.5 Å². The van der Waals surface area contributed by atoms with Crippen LogP contribution >= 0.6 is 15.9 Å². The summed E-state index contributed by atoms with van der Waals surface area (Å²) in [5.74, 6) is -0.546. The van der Waals surface area contributed by atoms with Gasteiger partial charge in [-0.2, -0.15) is 0 Å². The predicted molar refractivity (Wildman–Crippen MR) is 65.6 cm³/mol. The number of carbonyl (C=O) groups is 1. The number of halogens is 1. The Morgan fingerprint density at radius 2 is 2.19 bits per heavy atom. The zero-order valence-electron chi connectivity index (χ0n) is 9.31. The number of ether oxygens (including phenoxy) is 1. The van der Waals surface area contributed by atoms with Gasteiger partial charge in [-0.3, -0.25) is 4.79 Å². The second kappa shape index (κ2) is 5.89. The minimum absolute atomic E-state index is 0.0599. The summed E-state index contributed by atoms with van der Waals surface area (Å²) in [5.41, 5.74) is 0. The van der Waals surface area contributed by atoms with Crippen LogP contribution in [0.15, 0.2) is 28.7 Å². The van der Waals surface area contributed by atoms with Crippen molar-refractivity contribution in [2.45, 2.75) is 13.8 Å². The van der Waals surface area contributed by atoms with Crippen LogP contribution in [-0.2, 0) is 4.79 Å². The standard InChI is InChI=1S/C12H15BrO3/c1-8(2)11(12(14)15)7-16-10-5-3-4-9(13)6-10/h3-6,8,11H,7H2,1-2H3,(H,14,15). The maximum atomic E-state index is 10.9. The highest BCUT2D eigenvalue weighted by Gasteiger charge is 2.22. The molecule has 3 nitrogen and oxygen atoms in total. The van der Waals surface area contributed by atoms with E-state index in [0.29, 0.717) is 5.75 Å². The van der Waals surface area contributed by atoms with Crippen LogP contribution in [0.25, 0.3) is 0 Å². The molecule has 0 aromatic heterocycles. The van der Waals surface area contributed by atoms with Crippen molar-refractivity contribution in [2.75, 3.05) is 6.61 Å². The van der Waals surface area contributed by atoms with Gasteiger partial charge in [0.2, 0.25) is 0 Å². The van der Waals surface area contributed by atoms with E-state index in [9.17, 15) is 4.79 Å². The fourth-order valence-corrected chi connectivity index (χ4v) is 1.67. The molecule has 0 heterocycles. The quantitative estimate of drug-likeness (QED) is 0.904. The van der Waals surface area contributed by atoms with Crippen LogP contribution in [0.1, 0.15) is 13.8 Å². The molecule has 0 radical (unpaired) electrons. The van der Waals surface area contributed by atoms with E-state index >= 15 is 0 Å². The first-order valence-corrected chi connectivity index (χ1v) is 5.91. The third-order valence-corrected chi connectivity index (χ3v) is 2.84. The summed E-state index contributed by atoms with van der Waals surface area (Å²) < 4.78 is 6.38. The van der Waals surface area contributed by atoms with Gasteiger partial charge in [0.05, 0.1) is 5.92 Å². The fourth-order valence-electron chi connectivity index (χ4n) is 1.29. The summed E-state index contributed by atoms with van der Waals surface area (Å²) in [4.78, 5) is 10.9. The first kappa shape index (κ1) is 13.0. The minimum Gasteiger partial charge on any atom is -0.493 e. The van der Waals surface area contributed by atoms with Crippen LogP contribution in [0.3, 0.4) is 0 Å². The van der Waals surface area contributed by atoms with Crippen LogP contribution in [-0.4, -0.2) is 17.7 Å². The summed E-state index contributed by atoms with van der Waals surface area (Å²) in [6.07, 6.45) is 0. The maximum Gasteiger partial charge on any atom is 0.310 e. The van der Waals surface area contributed by atoms with Crippen molar-refractivity contribution in [3.05, 3.63) is 28.7 Å². The normalized spacial score (nSPS) is 12.5. The average molecular weight is 287 g/mol. The molecule has 0 saturated carbocycles. The Bertz CT molecular complexity index is 363. The second-order valence-electron chi connectivity index (χ2n) is 3.96. The fraction of sp³-hybridized carbons (Fsp3) is 0.417. The lowest BCUT2D eigenvalue weighted by atomic mass is 9.97. The van der Waals surface area contributed by atoms with Crippen molar-refractivity contribution in [3.8, 4) is 5.75 Å². The highest BCUT2D eigenvalue weighted by atomic mass is 79.9. The number of rotatable bonds is 5. The maximum absolute atomic E-state index is 10.9. The Hall–Kier alpha value is -1.03. The molecular weight excluding hydrogens is 272 g/mol. The van der Waals surface area contributed by atoms with E-state index in [1.54, 1.807) is 0 Å². The van der Waals surface area contributed by atoms with Crippen LogP contribution in [0.4, 0.5) is 0 Å². The number of aliphatic carboxylic acids is 1. The van der Waals surface area contributed by atoms with E-state index in [4.69, 9.17) is 9.84 Å². The number of hydrogen-bond acceptors (Lipinski definition) is 2. The Labute approximate surface area is 104 Å². The van der Waals surface area contributed by atoms with Crippen molar-refractivity contribution < 1.29 is 14.6 Å². The summed E-state index contributed by atoms with van der Waals surface area (Å²) in [6, 6.07) is 7.37. The topological polar surface area (TPSA) is 46.5 Å². The van der Waals surface area contributed by atoms with Crippen molar-refractivity contribution >= 4 is 21.9 Å². The SMILES string of the molecule is CC(C)C(COc1cccc(Br)c1)C(=O)O. The molecule has 1 aromatic rings. The molecule has 0 saturated heterocycles. The molecular formula is C12H15BrO3. The van der Waals surface area contributed by atoms with Crippen LogP contribution in [0.2, 0.25) is 0 Å². The average Bonchev–Trinajstić information content (AvgIpc) is 2.16. The molecule has 1 aromatic carbocycles. The van der Waals surface area contributed by atoms with Gasteiger partial charge in [0, 0.05) is 4.47 Å². The van der Waals surface area contributed by atoms with Crippen LogP contribution < -0.4 is 4.74 Å². The highest BCUT2D eigenvalue weighted by molar-refractivity contribution is 9.10. The minimum atomic E-state index is -0.815. The summed E-state index contributed by atoms with van der Waals surface area (Å²) in [6.45, 7) is 3.95. The zero-order valence-corrected chi connectivity index (χ0v) is 10.9. The van der Waals surface area contributed by atoms with Gasteiger partial charge in [-0.1, -0.05) is 35.8 Å². The number of carboxylic acids is 1. The van der Waals surface area contributed by atoms with Gasteiger partial charge in [-0.05, 0) is 24.1 Å². The van der Waals surface area contributed by atoms with E-state index in [2.05, 4.69) is 15.9 Å². The summed E-state index contributed by atoms with van der Waals surface area (Å²) in [7, 11) is 0. The smallest absolute Gasteiger partial charge is 0.310 e. The molecule has 0 aliphatic carbocycles. The van der Waals surface area contributed by atoms with E-state index in [1.807, 2.05) is 38.1 Å². The van der Waals surface area contributed by atoms with Gasteiger partial charge < -0.3 is 9.84 Å². The van der Waals surface area contributed by atoms with E-state index in [1.165, 1.54) is 0 Å². The molecule has 1 rings (SSSR count). The highest BCUT2D eigenvalue weighted by Crippen LogP contribution is 2.19. The molecule has 1 unspecified atom stereocenters. The third kappa shape index (κ3) is 3.85. The molecule has 16 heavy (non-hydrogen) atoms. The molecule has 88 valence electrons. The lowest BCUT2D eigenvalue weighted by Crippen LogP contribution is -2.26. The van der Waals surface area contributed by atoms with Crippen LogP contribution in [0.5, 0.6) is 5.75 Å². The molecule has 0 fully saturated rings. The summed E-state index contributed by atoms with van der Waals surface area (Å²) >= 11 is 3.33. The molecule has 0 bridgehead atoms. The van der Waals surface area contributed by atoms with E-state index < -0.39 is 11.9 Å². The predicted octanol–water partition coefficient (Wildman–Crippen LogP) is 3.18. The molecule has 0 spiro atoms. The largest absolute Gasteiger partial charge is 0.493 e. The third-order valence-electron chi connectivity index (χ3n) is 2.35. The molecule has 0 amide bonds. The lowest BCUT2D eigenvalue weighted by molar-refractivity contribution is -0.144. The lowest BCUT2D eigenvalue weighted by Gasteiger charge is -2.16. The Morgan fingerprint density at radius 1 is 1.50 bits per heavy atom. The first-order chi connectivity index (χ1) is 7.50. The number of carboxylic acid groups (broad SMARTS) is 1. The zero-order chi connectivity index (χ0) is 12.1. The van der Waals surface area contributed by atoms with Crippen molar-refractivity contribution in [1.29, 1.82) is 0 Å². The first-order valence-electron chi connectivity index (χ1n) is 5.12. The number of hydrogen-bond donors (Lipinski definition) is 1. The van der Waals surface area contributed by atoms with Gasteiger partial charge in [0.1, 0.15) is 12.4 Å². The monoisotopic (exact) mass is 286 g/mol. The van der Waals surface area contributed by atoms with Gasteiger partial charge in [0.25, 0.3) is 0 Å². The molecule has 1 atom stereocenters. The van der Waals surface area contributed by atoms with Gasteiger partial charge in [-0.25, -0.2) is 0 Å². The molecule has 4 heteroatoms. The molecule has 0 aliphatic heterocycles. The molecule has 1 N–H and O–H groups in total. The Kier molecular flexibility index (Phi) is 4.80. The van der Waals surface area contributed by atoms with Crippen molar-refractivity contribution in [2.24, 2.45) is 11.8 Å². The Balaban J connectivity index is 2.59. The Morgan fingerprint density at radius 3 is 2.69 bits per heavy atom. The van der Waals surface area contributed by atoms with Crippen molar-refractivity contribution in [3.63, 3.8) is 0 Å². The van der Waals surface area contributed by atoms with Crippen LogP contribution in [0, 0.1) is 11.8 Å². The van der Waals surface area contributed by atoms with Gasteiger partial charge >= 0.3 is 5.97 Å². The van der Waals surface area contributed by atoms with Gasteiger partial charge in [0.15, 0.2) is 0 Å². The summed E-state index contributed by atoms with van der Waals surface area (Å²) in [5, 5.41) is 8.99. The van der Waals surface area contributed by atoms with E-state index in [0.717, 1.165) is 4.47 Å². The number of benzene rings is 1. The van der Waals surface area contributed by atoms with Crippen molar-refractivity contribution in [1.82, 2.24) is 0 Å².